The van der Waals surface area contributed by atoms with Gasteiger partial charge in [-0.3, -0.25) is 0 Å². The van der Waals surface area contributed by atoms with Crippen molar-refractivity contribution in [3.8, 4) is 11.5 Å². The van der Waals surface area contributed by atoms with E-state index in [1.54, 1.807) is 12.1 Å². The first-order valence-corrected chi connectivity index (χ1v) is 7.34. The van der Waals surface area contributed by atoms with Crippen LogP contribution in [-0.2, 0) is 0 Å². The molecule has 0 aliphatic rings. The maximum absolute atomic E-state index is 11.6. The molecule has 0 amide bonds. The van der Waals surface area contributed by atoms with E-state index in [1.807, 2.05) is 13.8 Å². The van der Waals surface area contributed by atoms with Crippen molar-refractivity contribution in [2.24, 2.45) is 5.92 Å². The molecule has 0 aliphatic heterocycles. The molecule has 0 bridgehead atoms. The van der Waals surface area contributed by atoms with Crippen molar-refractivity contribution in [3.05, 3.63) is 34.9 Å². The van der Waals surface area contributed by atoms with Crippen LogP contribution in [0, 0.1) is 5.92 Å². The van der Waals surface area contributed by atoms with Gasteiger partial charge in [-0.25, -0.2) is 4.79 Å². The third kappa shape index (κ3) is 2.66. The largest absolute Gasteiger partial charge is 0.495 e. The van der Waals surface area contributed by atoms with Crippen molar-refractivity contribution < 1.29 is 23.4 Å². The van der Waals surface area contributed by atoms with Gasteiger partial charge in [-0.2, -0.15) is 0 Å². The number of hydrogen-bond acceptors (Lipinski definition) is 6. The van der Waals surface area contributed by atoms with Crippen LogP contribution in [0.1, 0.15) is 13.8 Å². The zero-order valence-electron chi connectivity index (χ0n) is 13.2. The molecule has 1 N–H and O–H groups in total. The molecule has 0 unspecified atom stereocenters. The topological polar surface area (TPSA) is 82.0 Å². The highest BCUT2D eigenvalue weighted by Crippen LogP contribution is 2.42. The summed E-state index contributed by atoms with van der Waals surface area (Å²) < 4.78 is 22.0. The van der Waals surface area contributed by atoms with Crippen LogP contribution in [0.3, 0.4) is 0 Å². The van der Waals surface area contributed by atoms with Gasteiger partial charge in [-0.15, -0.1) is 0 Å². The van der Waals surface area contributed by atoms with Crippen molar-refractivity contribution >= 4 is 21.9 Å². The molecule has 0 saturated carbocycles. The zero-order valence-corrected chi connectivity index (χ0v) is 13.2. The Balaban J connectivity index is 2.22. The smallest absolute Gasteiger partial charge is 0.336 e. The van der Waals surface area contributed by atoms with Gasteiger partial charge in [0.05, 0.1) is 30.2 Å². The molecule has 6 nitrogen and oxygen atoms in total. The lowest BCUT2D eigenvalue weighted by Gasteiger charge is -2.17. The fraction of sp³-hybridized carbons (Fsp3) is 0.353. The number of benzene rings is 1. The van der Waals surface area contributed by atoms with Crippen molar-refractivity contribution in [3.63, 3.8) is 0 Å². The second-order valence-electron chi connectivity index (χ2n) is 5.65. The van der Waals surface area contributed by atoms with Crippen LogP contribution >= 0.6 is 0 Å². The average Bonchev–Trinajstić information content (AvgIpc) is 3.00. The second kappa shape index (κ2) is 5.96. The molecular formula is C17H18O6. The highest BCUT2D eigenvalue weighted by molar-refractivity contribution is 6.06. The molecule has 0 saturated heterocycles. The van der Waals surface area contributed by atoms with Gasteiger partial charge in [0.25, 0.3) is 0 Å². The highest BCUT2D eigenvalue weighted by atomic mass is 16.5. The zero-order chi connectivity index (χ0) is 16.6. The van der Waals surface area contributed by atoms with E-state index in [9.17, 15) is 9.90 Å². The number of furan rings is 1. The summed E-state index contributed by atoms with van der Waals surface area (Å²) in [6, 6.07) is 4.70. The molecule has 1 aromatic carbocycles. The highest BCUT2D eigenvalue weighted by Gasteiger charge is 2.22. The van der Waals surface area contributed by atoms with Gasteiger partial charge in [-0.1, -0.05) is 13.8 Å². The summed E-state index contributed by atoms with van der Waals surface area (Å²) in [7, 11) is 1.54. The van der Waals surface area contributed by atoms with Crippen LogP contribution in [0.2, 0.25) is 0 Å². The Morgan fingerprint density at radius 2 is 1.87 bits per heavy atom. The Morgan fingerprint density at radius 3 is 2.57 bits per heavy atom. The summed E-state index contributed by atoms with van der Waals surface area (Å²) in [4.78, 5) is 11.6. The van der Waals surface area contributed by atoms with Crippen molar-refractivity contribution in [2.75, 3.05) is 13.7 Å². The number of aliphatic hydroxyl groups is 1. The minimum absolute atomic E-state index is 0.0404. The third-order valence-electron chi connectivity index (χ3n) is 3.77. The molecule has 3 rings (SSSR count). The normalized spacial score (nSPS) is 12.9. The molecule has 1 atom stereocenters. The third-order valence-corrected chi connectivity index (χ3v) is 3.77. The van der Waals surface area contributed by atoms with E-state index in [4.69, 9.17) is 18.3 Å². The summed E-state index contributed by atoms with van der Waals surface area (Å²) in [5, 5.41) is 11.3. The first kappa shape index (κ1) is 15.4. The predicted molar refractivity (Wildman–Crippen MR) is 85.1 cm³/mol. The van der Waals surface area contributed by atoms with Crippen LogP contribution in [0.4, 0.5) is 0 Å². The molecule has 122 valence electrons. The first-order chi connectivity index (χ1) is 11.0. The van der Waals surface area contributed by atoms with E-state index in [-0.39, 0.29) is 18.1 Å². The Labute approximate surface area is 132 Å². The lowest BCUT2D eigenvalue weighted by molar-refractivity contribution is 0.0705. The lowest BCUT2D eigenvalue weighted by Crippen LogP contribution is -2.23. The molecule has 0 fully saturated rings. The average molecular weight is 318 g/mol. The summed E-state index contributed by atoms with van der Waals surface area (Å²) >= 11 is 0. The minimum atomic E-state index is -0.646. The van der Waals surface area contributed by atoms with Crippen molar-refractivity contribution in [1.29, 1.82) is 0 Å². The van der Waals surface area contributed by atoms with E-state index in [1.165, 1.54) is 19.4 Å². The SMILES string of the molecule is COc1c2ccoc2c(OC[C@H](O)C(C)C)c2oc(=O)ccc12. The van der Waals surface area contributed by atoms with Crippen LogP contribution in [0.5, 0.6) is 11.5 Å². The van der Waals surface area contributed by atoms with Crippen LogP contribution < -0.4 is 15.1 Å². The molecule has 0 spiro atoms. The first-order valence-electron chi connectivity index (χ1n) is 7.34. The number of ether oxygens (including phenoxy) is 2. The van der Waals surface area contributed by atoms with Gasteiger partial charge in [0.1, 0.15) is 12.4 Å². The quantitative estimate of drug-likeness (QED) is 0.728. The Hall–Kier alpha value is -2.47. The maximum Gasteiger partial charge on any atom is 0.336 e. The van der Waals surface area contributed by atoms with Gasteiger partial charge in [0, 0.05) is 6.07 Å². The summed E-state index contributed by atoms with van der Waals surface area (Å²) in [6.45, 7) is 3.85. The van der Waals surface area contributed by atoms with E-state index >= 15 is 0 Å². The summed E-state index contributed by atoms with van der Waals surface area (Å²) in [5.74, 6) is 0.876. The number of hydrogen-bond donors (Lipinski definition) is 1. The maximum atomic E-state index is 11.6. The Morgan fingerprint density at radius 1 is 1.13 bits per heavy atom. The van der Waals surface area contributed by atoms with Gasteiger partial charge in [0.2, 0.25) is 5.75 Å². The molecule has 0 radical (unpaired) electrons. The van der Waals surface area contributed by atoms with Gasteiger partial charge >= 0.3 is 5.63 Å². The summed E-state index contributed by atoms with van der Waals surface area (Å²) in [5.41, 5.74) is 0.159. The van der Waals surface area contributed by atoms with Gasteiger partial charge in [-0.05, 0) is 18.1 Å². The fourth-order valence-corrected chi connectivity index (χ4v) is 2.39. The standard InChI is InChI=1S/C17H18O6/c1-9(2)12(18)8-22-17-15-11(6-7-21-15)14(20-3)10-4-5-13(19)23-16(10)17/h4-7,9,12,18H,8H2,1-3H3/t12-/m0/s1. The Bertz CT molecular complexity index is 889. The van der Waals surface area contributed by atoms with Crippen LogP contribution in [0.25, 0.3) is 21.9 Å². The molecule has 6 heteroatoms. The van der Waals surface area contributed by atoms with E-state index in [0.29, 0.717) is 27.9 Å². The Kier molecular flexibility index (Phi) is 4.00. The molecular weight excluding hydrogens is 300 g/mol. The van der Waals surface area contributed by atoms with E-state index in [2.05, 4.69) is 0 Å². The van der Waals surface area contributed by atoms with Gasteiger partial charge in [0.15, 0.2) is 11.2 Å². The van der Waals surface area contributed by atoms with E-state index in [0.717, 1.165) is 0 Å². The van der Waals surface area contributed by atoms with Gasteiger partial charge < -0.3 is 23.4 Å². The molecule has 23 heavy (non-hydrogen) atoms. The molecule has 2 heterocycles. The number of aliphatic hydroxyl groups excluding tert-OH is 1. The van der Waals surface area contributed by atoms with Crippen LogP contribution in [0.15, 0.2) is 38.1 Å². The van der Waals surface area contributed by atoms with E-state index < -0.39 is 11.7 Å². The minimum Gasteiger partial charge on any atom is -0.495 e. The monoisotopic (exact) mass is 318 g/mol. The van der Waals surface area contributed by atoms with Crippen molar-refractivity contribution in [2.45, 2.75) is 20.0 Å². The lowest BCUT2D eigenvalue weighted by atomic mass is 10.1. The summed E-state index contributed by atoms with van der Waals surface area (Å²) in [6.07, 6.45) is 0.864. The number of rotatable bonds is 5. The molecule has 3 aromatic rings. The van der Waals surface area contributed by atoms with Crippen LogP contribution in [-0.4, -0.2) is 24.9 Å². The molecule has 2 aromatic heterocycles. The number of fused-ring (bicyclic) bond motifs is 2. The fourth-order valence-electron chi connectivity index (χ4n) is 2.39. The second-order valence-corrected chi connectivity index (χ2v) is 5.65. The number of methoxy groups -OCH3 is 1. The van der Waals surface area contributed by atoms with Crippen molar-refractivity contribution in [1.82, 2.24) is 0 Å². The predicted octanol–water partition coefficient (Wildman–Crippen LogP) is 2.94. The molecule has 0 aliphatic carbocycles.